The number of hydrogen-bond donors (Lipinski definition) is 0. The van der Waals surface area contributed by atoms with Gasteiger partial charge in [0.25, 0.3) is 0 Å². The number of carbonyl (C=O) groups is 1. The van der Waals surface area contributed by atoms with Gasteiger partial charge in [-0.3, -0.25) is 9.69 Å². The summed E-state index contributed by atoms with van der Waals surface area (Å²) in [6.45, 7) is 9.98. The van der Waals surface area contributed by atoms with Gasteiger partial charge < -0.3 is 9.47 Å². The molecule has 0 bridgehead atoms. The monoisotopic (exact) mass is 291 g/mol. The Hall–Kier alpha value is -1.13. The maximum atomic E-state index is 12.6. The molecule has 0 aromatic carbocycles. The Labute approximate surface area is 128 Å². The molecule has 4 heteroatoms. The SMILES string of the molecule is CCn1c(C)cc(C(=O)CN(C)C2CCN(C)CC2)c1C. The summed E-state index contributed by atoms with van der Waals surface area (Å²) < 4.78 is 2.21. The summed E-state index contributed by atoms with van der Waals surface area (Å²) in [5.41, 5.74) is 3.19. The summed E-state index contributed by atoms with van der Waals surface area (Å²) in [6, 6.07) is 2.59. The molecule has 0 N–H and O–H groups in total. The van der Waals surface area contributed by atoms with Crippen LogP contribution in [0.2, 0.25) is 0 Å². The molecule has 0 atom stereocenters. The predicted molar refractivity (Wildman–Crippen MR) is 87.1 cm³/mol. The zero-order chi connectivity index (χ0) is 15.6. The van der Waals surface area contributed by atoms with E-state index in [1.807, 2.05) is 6.07 Å². The van der Waals surface area contributed by atoms with E-state index in [2.05, 4.69) is 49.2 Å². The van der Waals surface area contributed by atoms with Gasteiger partial charge in [0.05, 0.1) is 6.54 Å². The molecule has 21 heavy (non-hydrogen) atoms. The minimum absolute atomic E-state index is 0.254. The summed E-state index contributed by atoms with van der Waals surface area (Å²) in [4.78, 5) is 17.2. The van der Waals surface area contributed by atoms with Crippen molar-refractivity contribution in [1.29, 1.82) is 0 Å². The van der Waals surface area contributed by atoms with Crippen molar-refractivity contribution in [2.24, 2.45) is 0 Å². The largest absolute Gasteiger partial charge is 0.349 e. The Bertz CT molecular complexity index is 498. The fourth-order valence-electron chi connectivity index (χ4n) is 3.45. The molecule has 1 fully saturated rings. The lowest BCUT2D eigenvalue weighted by molar-refractivity contribution is 0.0871. The van der Waals surface area contributed by atoms with Gasteiger partial charge >= 0.3 is 0 Å². The Balaban J connectivity index is 2.01. The van der Waals surface area contributed by atoms with Gasteiger partial charge in [-0.25, -0.2) is 0 Å². The van der Waals surface area contributed by atoms with Gasteiger partial charge in [0.1, 0.15) is 0 Å². The third-order valence-electron chi connectivity index (χ3n) is 4.89. The summed E-state index contributed by atoms with van der Waals surface area (Å²) >= 11 is 0. The first-order chi connectivity index (χ1) is 9.93. The van der Waals surface area contributed by atoms with Crippen LogP contribution in [0.1, 0.15) is 41.5 Å². The lowest BCUT2D eigenvalue weighted by Crippen LogP contribution is -2.43. The van der Waals surface area contributed by atoms with Crippen LogP contribution in [-0.4, -0.2) is 59.9 Å². The highest BCUT2D eigenvalue weighted by molar-refractivity contribution is 5.99. The van der Waals surface area contributed by atoms with Crippen LogP contribution in [0.5, 0.6) is 0 Å². The summed E-state index contributed by atoms with van der Waals surface area (Å²) in [6.07, 6.45) is 2.32. The van der Waals surface area contributed by atoms with Crippen molar-refractivity contribution in [3.63, 3.8) is 0 Å². The lowest BCUT2D eigenvalue weighted by Gasteiger charge is -2.34. The number of nitrogens with zero attached hydrogens (tertiary/aromatic N) is 3. The van der Waals surface area contributed by atoms with E-state index in [0.29, 0.717) is 12.6 Å². The number of piperidine rings is 1. The summed E-state index contributed by atoms with van der Waals surface area (Å²) in [5.74, 6) is 0.254. The second-order valence-corrected chi connectivity index (χ2v) is 6.40. The van der Waals surface area contributed by atoms with Crippen LogP contribution in [0.25, 0.3) is 0 Å². The average molecular weight is 291 g/mol. The number of likely N-dealkylation sites (tertiary alicyclic amines) is 1. The first-order valence-corrected chi connectivity index (χ1v) is 8.02. The molecule has 1 aromatic rings. The molecule has 0 spiro atoms. The summed E-state index contributed by atoms with van der Waals surface area (Å²) in [5, 5.41) is 0. The third kappa shape index (κ3) is 3.55. The number of aryl methyl sites for hydroxylation is 1. The Kier molecular flexibility index (Phi) is 5.22. The number of aromatic nitrogens is 1. The third-order valence-corrected chi connectivity index (χ3v) is 4.89. The van der Waals surface area contributed by atoms with Crippen LogP contribution in [0.3, 0.4) is 0 Å². The summed E-state index contributed by atoms with van der Waals surface area (Å²) in [7, 11) is 4.26. The second kappa shape index (κ2) is 6.75. The quantitative estimate of drug-likeness (QED) is 0.780. The molecular formula is C17H29N3O. The van der Waals surface area contributed by atoms with E-state index in [4.69, 9.17) is 0 Å². The van der Waals surface area contributed by atoms with Crippen LogP contribution in [0, 0.1) is 13.8 Å². The van der Waals surface area contributed by atoms with Crippen molar-refractivity contribution in [2.45, 2.75) is 46.2 Å². The molecule has 0 unspecified atom stereocenters. The Morgan fingerprint density at radius 1 is 1.33 bits per heavy atom. The van der Waals surface area contributed by atoms with Gasteiger partial charge in [-0.15, -0.1) is 0 Å². The number of ketones is 1. The van der Waals surface area contributed by atoms with Gasteiger partial charge in [-0.05, 0) is 66.9 Å². The van der Waals surface area contributed by atoms with E-state index in [0.717, 1.165) is 43.7 Å². The van der Waals surface area contributed by atoms with Gasteiger partial charge in [-0.1, -0.05) is 0 Å². The molecule has 1 aliphatic rings. The molecule has 1 saturated heterocycles. The molecule has 0 radical (unpaired) electrons. The average Bonchev–Trinajstić information content (AvgIpc) is 2.74. The van der Waals surface area contributed by atoms with E-state index in [1.54, 1.807) is 0 Å². The van der Waals surface area contributed by atoms with Crippen LogP contribution in [-0.2, 0) is 6.54 Å². The van der Waals surface area contributed by atoms with E-state index in [9.17, 15) is 4.79 Å². The fourth-order valence-corrected chi connectivity index (χ4v) is 3.45. The zero-order valence-electron chi connectivity index (χ0n) is 14.1. The first kappa shape index (κ1) is 16.2. The highest BCUT2D eigenvalue weighted by Gasteiger charge is 2.23. The fraction of sp³-hybridized carbons (Fsp3) is 0.706. The van der Waals surface area contributed by atoms with Crippen LogP contribution < -0.4 is 0 Å². The van der Waals surface area contributed by atoms with E-state index in [-0.39, 0.29) is 5.78 Å². The van der Waals surface area contributed by atoms with Crippen molar-refractivity contribution < 1.29 is 4.79 Å². The van der Waals surface area contributed by atoms with Crippen molar-refractivity contribution in [3.05, 3.63) is 23.0 Å². The molecule has 4 nitrogen and oxygen atoms in total. The van der Waals surface area contributed by atoms with Gasteiger partial charge in [0, 0.05) is 29.5 Å². The maximum Gasteiger partial charge on any atom is 0.178 e. The van der Waals surface area contributed by atoms with Crippen molar-refractivity contribution in [1.82, 2.24) is 14.4 Å². The Morgan fingerprint density at radius 2 is 1.95 bits per heavy atom. The highest BCUT2D eigenvalue weighted by atomic mass is 16.1. The van der Waals surface area contributed by atoms with E-state index >= 15 is 0 Å². The van der Waals surface area contributed by atoms with Crippen molar-refractivity contribution in [2.75, 3.05) is 33.7 Å². The number of Topliss-reactive ketones (excluding diaryl/α,β-unsaturated/α-hetero) is 1. The molecule has 0 amide bonds. The zero-order valence-corrected chi connectivity index (χ0v) is 14.1. The molecule has 0 aliphatic carbocycles. The molecule has 1 aliphatic heterocycles. The topological polar surface area (TPSA) is 28.5 Å². The number of rotatable bonds is 5. The molecule has 118 valence electrons. The molecule has 2 heterocycles. The molecule has 0 saturated carbocycles. The minimum Gasteiger partial charge on any atom is -0.349 e. The van der Waals surface area contributed by atoms with Crippen molar-refractivity contribution in [3.8, 4) is 0 Å². The molecule has 1 aromatic heterocycles. The Morgan fingerprint density at radius 3 is 2.48 bits per heavy atom. The molecular weight excluding hydrogens is 262 g/mol. The maximum absolute atomic E-state index is 12.6. The minimum atomic E-state index is 0.254. The van der Waals surface area contributed by atoms with Gasteiger partial charge in [-0.2, -0.15) is 0 Å². The number of likely N-dealkylation sites (N-methyl/N-ethyl adjacent to an activating group) is 1. The number of hydrogen-bond acceptors (Lipinski definition) is 3. The van der Waals surface area contributed by atoms with Crippen LogP contribution in [0.15, 0.2) is 6.07 Å². The standard InChI is InChI=1S/C17H29N3O/c1-6-20-13(2)11-16(14(20)3)17(21)12-19(5)15-7-9-18(4)10-8-15/h11,15H,6-10,12H2,1-5H3. The number of carbonyl (C=O) groups excluding carboxylic acids is 1. The first-order valence-electron chi connectivity index (χ1n) is 8.02. The second-order valence-electron chi connectivity index (χ2n) is 6.40. The van der Waals surface area contributed by atoms with Crippen LogP contribution in [0.4, 0.5) is 0 Å². The normalized spacial score (nSPS) is 17.6. The smallest absolute Gasteiger partial charge is 0.178 e. The van der Waals surface area contributed by atoms with Gasteiger partial charge in [0.15, 0.2) is 5.78 Å². The van der Waals surface area contributed by atoms with Gasteiger partial charge in [0.2, 0.25) is 0 Å². The molecule has 2 rings (SSSR count). The van der Waals surface area contributed by atoms with E-state index in [1.165, 1.54) is 5.69 Å². The lowest BCUT2D eigenvalue weighted by atomic mass is 10.0. The highest BCUT2D eigenvalue weighted by Crippen LogP contribution is 2.18. The van der Waals surface area contributed by atoms with E-state index < -0.39 is 0 Å². The van der Waals surface area contributed by atoms with Crippen molar-refractivity contribution >= 4 is 5.78 Å². The predicted octanol–water partition coefficient (Wildman–Crippen LogP) is 2.33. The van der Waals surface area contributed by atoms with Crippen LogP contribution >= 0.6 is 0 Å².